The predicted molar refractivity (Wildman–Crippen MR) is 50.4 cm³/mol. The summed E-state index contributed by atoms with van der Waals surface area (Å²) in [6.07, 6.45) is -1.91. The monoisotopic (exact) mass is 250 g/mol. The highest BCUT2D eigenvalue weighted by Gasteiger charge is 2.21. The molecule has 1 aromatic carbocycles. The molecular weight excluding hydrogens is 241 g/mol. The molecule has 0 saturated carbocycles. The van der Waals surface area contributed by atoms with Gasteiger partial charge in [-0.2, -0.15) is 8.78 Å². The Bertz CT molecular complexity index is 434. The molecule has 0 aliphatic rings. The summed E-state index contributed by atoms with van der Waals surface area (Å²) < 4.78 is 40.9. The molecule has 0 aromatic heterocycles. The molecule has 1 unspecified atom stereocenters. The minimum Gasteiger partial charge on any atom is -0.479 e. The highest BCUT2D eigenvalue weighted by atomic mass is 19.3. The van der Waals surface area contributed by atoms with Gasteiger partial charge in [0, 0.05) is 0 Å². The van der Waals surface area contributed by atoms with Gasteiger partial charge in [0.25, 0.3) is 0 Å². The lowest BCUT2D eigenvalue weighted by Crippen LogP contribution is -2.13. The fraction of sp³-hybridized carbons (Fsp3) is 0.300. The lowest BCUT2D eigenvalue weighted by Gasteiger charge is -2.12. The molecule has 0 amide bonds. The van der Waals surface area contributed by atoms with E-state index in [0.717, 1.165) is 6.07 Å². The van der Waals surface area contributed by atoms with Crippen molar-refractivity contribution >= 4 is 5.97 Å². The van der Waals surface area contributed by atoms with Gasteiger partial charge in [0.1, 0.15) is 0 Å². The molecule has 0 aliphatic heterocycles. The molecule has 1 aromatic rings. The highest BCUT2D eigenvalue weighted by Crippen LogP contribution is 2.27. The van der Waals surface area contributed by atoms with E-state index in [1.807, 2.05) is 0 Å². The average molecular weight is 250 g/mol. The van der Waals surface area contributed by atoms with E-state index in [1.165, 1.54) is 6.92 Å². The van der Waals surface area contributed by atoms with Crippen molar-refractivity contribution in [3.63, 3.8) is 0 Å². The normalized spacial score (nSPS) is 12.6. The maximum absolute atomic E-state index is 13.3. The third kappa shape index (κ3) is 3.10. The van der Waals surface area contributed by atoms with Crippen LogP contribution in [0.3, 0.4) is 0 Å². The first-order valence-corrected chi connectivity index (χ1v) is 4.48. The Morgan fingerprint density at radius 2 is 2.00 bits per heavy atom. The summed E-state index contributed by atoms with van der Waals surface area (Å²) in [5.41, 5.74) is -0.0754. The zero-order valence-electron chi connectivity index (χ0n) is 8.65. The minimum atomic E-state index is -3.18. The Kier molecular flexibility index (Phi) is 3.95. The quantitative estimate of drug-likeness (QED) is 0.855. The number of alkyl halides is 2. The molecule has 7 heteroatoms. The molecule has 0 bridgehead atoms. The third-order valence-electron chi connectivity index (χ3n) is 2.07. The highest BCUT2D eigenvalue weighted by molar-refractivity contribution is 5.74. The van der Waals surface area contributed by atoms with E-state index in [1.54, 1.807) is 0 Å². The first kappa shape index (κ1) is 13.3. The molecule has 0 heterocycles. The summed E-state index contributed by atoms with van der Waals surface area (Å²) in [4.78, 5) is 10.5. The largest absolute Gasteiger partial charge is 0.479 e. The van der Waals surface area contributed by atoms with E-state index in [0.29, 0.717) is 6.07 Å². The second-order valence-corrected chi connectivity index (χ2v) is 3.26. The number of benzene rings is 1. The standard InChI is InChI=1S/C10H9F3O4/c1-4-2-7(17-10(12)13)6(11)3-5(4)8(14)9(15)16/h2-3,8,10,14H,1H3,(H,15,16). The summed E-state index contributed by atoms with van der Waals surface area (Å²) in [6.45, 7) is -1.83. The van der Waals surface area contributed by atoms with Crippen LogP contribution in [0.15, 0.2) is 12.1 Å². The number of aliphatic hydroxyl groups is 1. The molecule has 4 nitrogen and oxygen atoms in total. The van der Waals surface area contributed by atoms with E-state index in [9.17, 15) is 23.1 Å². The number of hydrogen-bond donors (Lipinski definition) is 2. The number of ether oxygens (including phenoxy) is 1. The molecule has 0 spiro atoms. The van der Waals surface area contributed by atoms with E-state index in [4.69, 9.17) is 5.11 Å². The van der Waals surface area contributed by atoms with Crippen LogP contribution in [0.25, 0.3) is 0 Å². The number of aliphatic carboxylic acids is 1. The van der Waals surface area contributed by atoms with Gasteiger partial charge in [0.2, 0.25) is 0 Å². The van der Waals surface area contributed by atoms with Crippen LogP contribution in [0.2, 0.25) is 0 Å². The van der Waals surface area contributed by atoms with Gasteiger partial charge in [0.15, 0.2) is 17.7 Å². The molecular formula is C10H9F3O4. The fourth-order valence-electron chi connectivity index (χ4n) is 1.28. The smallest absolute Gasteiger partial charge is 0.387 e. The van der Waals surface area contributed by atoms with Gasteiger partial charge in [-0.1, -0.05) is 0 Å². The van der Waals surface area contributed by atoms with Crippen molar-refractivity contribution in [2.45, 2.75) is 19.6 Å². The lowest BCUT2D eigenvalue weighted by atomic mass is 10.0. The number of carboxylic acid groups (broad SMARTS) is 1. The molecule has 0 radical (unpaired) electrons. The van der Waals surface area contributed by atoms with Crippen molar-refractivity contribution in [3.05, 3.63) is 29.1 Å². The summed E-state index contributed by atoms with van der Waals surface area (Å²) in [5.74, 6) is -3.42. The molecule has 1 atom stereocenters. The van der Waals surface area contributed by atoms with Gasteiger partial charge < -0.3 is 14.9 Å². The van der Waals surface area contributed by atoms with Crippen LogP contribution < -0.4 is 4.74 Å². The number of aryl methyl sites for hydroxylation is 1. The van der Waals surface area contributed by atoms with Crippen molar-refractivity contribution in [3.8, 4) is 5.75 Å². The summed E-state index contributed by atoms with van der Waals surface area (Å²) in [5, 5.41) is 17.8. The van der Waals surface area contributed by atoms with Crippen LogP contribution in [0.5, 0.6) is 5.75 Å². The Labute approximate surface area is 94.3 Å². The second-order valence-electron chi connectivity index (χ2n) is 3.26. The number of carboxylic acids is 1. The van der Waals surface area contributed by atoms with Gasteiger partial charge in [-0.3, -0.25) is 0 Å². The van der Waals surface area contributed by atoms with E-state index < -0.39 is 30.3 Å². The maximum atomic E-state index is 13.3. The number of aliphatic hydroxyl groups excluding tert-OH is 1. The first-order valence-electron chi connectivity index (χ1n) is 4.48. The Morgan fingerprint density at radius 1 is 1.41 bits per heavy atom. The van der Waals surface area contributed by atoms with Crippen molar-refractivity contribution < 1.29 is 32.9 Å². The molecule has 0 aliphatic carbocycles. The number of carbonyl (C=O) groups is 1. The zero-order chi connectivity index (χ0) is 13.2. The predicted octanol–water partition coefficient (Wildman–Crippen LogP) is 1.85. The molecule has 94 valence electrons. The summed E-state index contributed by atoms with van der Waals surface area (Å²) in [7, 11) is 0. The number of hydrogen-bond acceptors (Lipinski definition) is 3. The van der Waals surface area contributed by atoms with Gasteiger partial charge in [-0.05, 0) is 30.2 Å². The van der Waals surface area contributed by atoms with Crippen molar-refractivity contribution in [2.75, 3.05) is 0 Å². The average Bonchev–Trinajstić information content (AvgIpc) is 2.21. The van der Waals surface area contributed by atoms with Crippen molar-refractivity contribution in [1.82, 2.24) is 0 Å². The minimum absolute atomic E-state index is 0.136. The third-order valence-corrected chi connectivity index (χ3v) is 2.07. The van der Waals surface area contributed by atoms with E-state index in [-0.39, 0.29) is 11.1 Å². The van der Waals surface area contributed by atoms with E-state index in [2.05, 4.69) is 4.74 Å². The van der Waals surface area contributed by atoms with E-state index >= 15 is 0 Å². The molecule has 1 rings (SSSR count). The number of rotatable bonds is 4. The van der Waals surface area contributed by atoms with Gasteiger partial charge >= 0.3 is 12.6 Å². The van der Waals surface area contributed by atoms with Crippen LogP contribution in [0, 0.1) is 12.7 Å². The van der Waals surface area contributed by atoms with Crippen LogP contribution >= 0.6 is 0 Å². The molecule has 0 fully saturated rings. The molecule has 0 saturated heterocycles. The fourth-order valence-corrected chi connectivity index (χ4v) is 1.28. The van der Waals surface area contributed by atoms with Crippen molar-refractivity contribution in [2.24, 2.45) is 0 Å². The molecule has 2 N–H and O–H groups in total. The summed E-state index contributed by atoms with van der Waals surface area (Å²) in [6, 6.07) is 1.56. The zero-order valence-corrected chi connectivity index (χ0v) is 8.65. The topological polar surface area (TPSA) is 66.8 Å². The van der Waals surface area contributed by atoms with Crippen molar-refractivity contribution in [1.29, 1.82) is 0 Å². The second kappa shape index (κ2) is 5.05. The summed E-state index contributed by atoms with van der Waals surface area (Å²) >= 11 is 0. The van der Waals surface area contributed by atoms with Crippen LogP contribution in [0.1, 0.15) is 17.2 Å². The van der Waals surface area contributed by atoms with Crippen LogP contribution in [0.4, 0.5) is 13.2 Å². The Hall–Kier alpha value is -1.76. The van der Waals surface area contributed by atoms with Crippen LogP contribution in [-0.2, 0) is 4.79 Å². The lowest BCUT2D eigenvalue weighted by molar-refractivity contribution is -0.147. The SMILES string of the molecule is Cc1cc(OC(F)F)c(F)cc1C(O)C(=O)O. The van der Waals surface area contributed by atoms with Gasteiger partial charge in [-0.15, -0.1) is 0 Å². The Balaban J connectivity index is 3.13. The van der Waals surface area contributed by atoms with Crippen LogP contribution in [-0.4, -0.2) is 22.8 Å². The van der Waals surface area contributed by atoms with Gasteiger partial charge in [0.05, 0.1) is 0 Å². The Morgan fingerprint density at radius 3 is 2.47 bits per heavy atom. The maximum Gasteiger partial charge on any atom is 0.387 e. The molecule has 17 heavy (non-hydrogen) atoms. The first-order chi connectivity index (χ1) is 7.82. The van der Waals surface area contributed by atoms with Gasteiger partial charge in [-0.25, -0.2) is 9.18 Å². The number of halogens is 3.